The smallest absolute Gasteiger partial charge is 0.180 e. The van der Waals surface area contributed by atoms with Gasteiger partial charge in [0.05, 0.1) is 10.8 Å². The van der Waals surface area contributed by atoms with Gasteiger partial charge >= 0.3 is 0 Å². The van der Waals surface area contributed by atoms with Gasteiger partial charge in [0.2, 0.25) is 0 Å². The molecule has 0 bridgehead atoms. The van der Waals surface area contributed by atoms with Gasteiger partial charge in [0, 0.05) is 4.88 Å². The van der Waals surface area contributed by atoms with Crippen molar-refractivity contribution >= 4 is 46.2 Å². The second-order valence-corrected chi connectivity index (χ2v) is 7.27. The number of aromatic nitrogens is 2. The molecular formula is C8H8N2OS4. The van der Waals surface area contributed by atoms with Crippen LogP contribution in [-0.2, 0) is 6.61 Å². The summed E-state index contributed by atoms with van der Waals surface area (Å²) in [5, 5.41) is 17.0. The lowest BCUT2D eigenvalue weighted by Crippen LogP contribution is -1.70. The van der Waals surface area contributed by atoms with Crippen molar-refractivity contribution in [3.8, 4) is 0 Å². The molecule has 2 aromatic heterocycles. The van der Waals surface area contributed by atoms with E-state index in [0.717, 1.165) is 17.8 Å². The first-order valence-corrected chi connectivity index (χ1v) is 7.74. The lowest BCUT2D eigenvalue weighted by atomic mass is 10.5. The summed E-state index contributed by atoms with van der Waals surface area (Å²) in [6, 6.07) is 3.94. The van der Waals surface area contributed by atoms with E-state index in [1.54, 1.807) is 46.2 Å². The van der Waals surface area contributed by atoms with Gasteiger partial charge in [0.1, 0.15) is 0 Å². The molecule has 0 aliphatic heterocycles. The molecule has 0 fully saturated rings. The molecule has 80 valence electrons. The lowest BCUT2D eigenvalue weighted by Gasteiger charge is -1.88. The Morgan fingerprint density at radius 2 is 2.07 bits per heavy atom. The Labute approximate surface area is 104 Å². The zero-order valence-electron chi connectivity index (χ0n) is 7.84. The maximum absolute atomic E-state index is 8.93. The molecule has 15 heavy (non-hydrogen) atoms. The molecule has 0 unspecified atom stereocenters. The number of hydrogen-bond acceptors (Lipinski definition) is 7. The van der Waals surface area contributed by atoms with E-state index in [1.165, 1.54) is 0 Å². The molecule has 0 aliphatic rings. The van der Waals surface area contributed by atoms with E-state index >= 15 is 0 Å². The van der Waals surface area contributed by atoms with Crippen molar-refractivity contribution in [3.63, 3.8) is 0 Å². The Bertz CT molecular complexity index is 399. The summed E-state index contributed by atoms with van der Waals surface area (Å²) in [5.74, 6) is 0. The molecule has 7 heteroatoms. The van der Waals surface area contributed by atoms with Gasteiger partial charge in [-0.3, -0.25) is 0 Å². The quantitative estimate of drug-likeness (QED) is 0.870. The summed E-state index contributed by atoms with van der Waals surface area (Å²) in [5.41, 5.74) is 0. The lowest BCUT2D eigenvalue weighted by molar-refractivity contribution is 0.285. The summed E-state index contributed by atoms with van der Waals surface area (Å²) >= 11 is 6.39. The highest BCUT2D eigenvalue weighted by Gasteiger charge is 2.07. The van der Waals surface area contributed by atoms with Crippen molar-refractivity contribution in [1.82, 2.24) is 10.2 Å². The van der Waals surface area contributed by atoms with Crippen molar-refractivity contribution in [3.05, 3.63) is 17.0 Å². The summed E-state index contributed by atoms with van der Waals surface area (Å²) < 4.78 is 3.07. The summed E-state index contributed by atoms with van der Waals surface area (Å²) in [6.07, 6.45) is 1.99. The van der Waals surface area contributed by atoms with Crippen LogP contribution in [0.1, 0.15) is 4.88 Å². The predicted octanol–water partition coefficient (Wildman–Crippen LogP) is 2.97. The fourth-order valence-electron chi connectivity index (χ4n) is 0.905. The number of thioether (sulfide) groups is 1. The van der Waals surface area contributed by atoms with E-state index < -0.39 is 0 Å². The van der Waals surface area contributed by atoms with Crippen LogP contribution in [0.15, 0.2) is 25.0 Å². The zero-order chi connectivity index (χ0) is 10.7. The molecule has 3 nitrogen and oxygen atoms in total. The SMILES string of the molecule is CSc1nnc(Sc2ccc(CO)s2)s1. The van der Waals surface area contributed by atoms with Crippen LogP contribution < -0.4 is 0 Å². The van der Waals surface area contributed by atoms with Crippen molar-refractivity contribution in [2.45, 2.75) is 19.5 Å². The van der Waals surface area contributed by atoms with Gasteiger partial charge in [-0.15, -0.1) is 21.5 Å². The predicted molar refractivity (Wildman–Crippen MR) is 66.1 cm³/mol. The maximum Gasteiger partial charge on any atom is 0.180 e. The molecule has 1 N–H and O–H groups in total. The Morgan fingerprint density at radius 1 is 1.27 bits per heavy atom. The number of aliphatic hydroxyl groups excluding tert-OH is 1. The Hall–Kier alpha value is -0.0800. The van der Waals surface area contributed by atoms with Crippen LogP contribution in [0.3, 0.4) is 0 Å². The average molecular weight is 276 g/mol. The molecule has 0 saturated carbocycles. The van der Waals surface area contributed by atoms with Gasteiger partial charge in [-0.05, 0) is 30.2 Å². The third-order valence-electron chi connectivity index (χ3n) is 1.54. The van der Waals surface area contributed by atoms with Crippen molar-refractivity contribution in [2.75, 3.05) is 6.26 Å². The first kappa shape index (κ1) is 11.4. The average Bonchev–Trinajstić information content (AvgIpc) is 2.87. The fourth-order valence-corrected chi connectivity index (χ4v) is 4.61. The largest absolute Gasteiger partial charge is 0.391 e. The number of nitrogens with zero attached hydrogens (tertiary/aromatic N) is 2. The molecular weight excluding hydrogens is 268 g/mol. The minimum absolute atomic E-state index is 0.109. The molecule has 0 spiro atoms. The molecule has 0 amide bonds. The molecule has 2 aromatic rings. The van der Waals surface area contributed by atoms with Gasteiger partial charge < -0.3 is 5.11 Å². The highest BCUT2D eigenvalue weighted by atomic mass is 32.2. The second kappa shape index (κ2) is 5.31. The number of hydrogen-bond donors (Lipinski definition) is 1. The van der Waals surface area contributed by atoms with E-state index in [4.69, 9.17) is 5.11 Å². The maximum atomic E-state index is 8.93. The molecule has 0 saturated heterocycles. The normalized spacial score (nSPS) is 10.8. The Morgan fingerprint density at radius 3 is 2.67 bits per heavy atom. The standard InChI is InChI=1S/C8H8N2OS4/c1-12-7-9-10-8(15-7)14-6-3-2-5(4-11)13-6/h2-3,11H,4H2,1H3. The van der Waals surface area contributed by atoms with Gasteiger partial charge in [-0.25, -0.2) is 0 Å². The van der Waals surface area contributed by atoms with Crippen molar-refractivity contribution in [1.29, 1.82) is 0 Å². The zero-order valence-corrected chi connectivity index (χ0v) is 11.1. The van der Waals surface area contributed by atoms with Crippen LogP contribution in [0.5, 0.6) is 0 Å². The van der Waals surface area contributed by atoms with E-state index in [1.807, 2.05) is 18.4 Å². The minimum Gasteiger partial charge on any atom is -0.391 e. The molecule has 0 radical (unpaired) electrons. The highest BCUT2D eigenvalue weighted by molar-refractivity contribution is 8.04. The molecule has 2 heterocycles. The fraction of sp³-hybridized carbons (Fsp3) is 0.250. The van der Waals surface area contributed by atoms with E-state index in [2.05, 4.69) is 10.2 Å². The van der Waals surface area contributed by atoms with Gasteiger partial charge in [-0.2, -0.15) is 0 Å². The van der Waals surface area contributed by atoms with Crippen molar-refractivity contribution < 1.29 is 5.11 Å². The first-order chi connectivity index (χ1) is 7.31. The third-order valence-corrected chi connectivity index (χ3v) is 5.69. The topological polar surface area (TPSA) is 46.0 Å². The molecule has 2 rings (SSSR count). The van der Waals surface area contributed by atoms with Gasteiger partial charge in [0.15, 0.2) is 8.68 Å². The summed E-state index contributed by atoms with van der Waals surface area (Å²) in [7, 11) is 0. The number of thiophene rings is 1. The van der Waals surface area contributed by atoms with Crippen LogP contribution in [-0.4, -0.2) is 21.6 Å². The number of aliphatic hydroxyl groups is 1. The first-order valence-electron chi connectivity index (χ1n) is 4.06. The monoisotopic (exact) mass is 276 g/mol. The van der Waals surface area contributed by atoms with Gasteiger partial charge in [-0.1, -0.05) is 23.1 Å². The highest BCUT2D eigenvalue weighted by Crippen LogP contribution is 2.36. The Balaban J connectivity index is 2.07. The van der Waals surface area contributed by atoms with Gasteiger partial charge in [0.25, 0.3) is 0 Å². The molecule has 0 aromatic carbocycles. The van der Waals surface area contributed by atoms with E-state index in [0.29, 0.717) is 0 Å². The summed E-state index contributed by atoms with van der Waals surface area (Å²) in [6.45, 7) is 0.109. The summed E-state index contributed by atoms with van der Waals surface area (Å²) in [4.78, 5) is 0.979. The third kappa shape index (κ3) is 2.94. The van der Waals surface area contributed by atoms with Crippen LogP contribution in [0.25, 0.3) is 0 Å². The Kier molecular flexibility index (Phi) is 4.04. The van der Waals surface area contributed by atoms with E-state index in [-0.39, 0.29) is 6.61 Å². The van der Waals surface area contributed by atoms with E-state index in [9.17, 15) is 0 Å². The minimum atomic E-state index is 0.109. The molecule has 0 atom stereocenters. The van der Waals surface area contributed by atoms with Crippen LogP contribution in [0.4, 0.5) is 0 Å². The van der Waals surface area contributed by atoms with Crippen LogP contribution in [0.2, 0.25) is 0 Å². The van der Waals surface area contributed by atoms with Crippen molar-refractivity contribution in [2.24, 2.45) is 0 Å². The molecule has 0 aliphatic carbocycles. The van der Waals surface area contributed by atoms with Crippen LogP contribution >= 0.6 is 46.2 Å². The number of rotatable bonds is 4. The van der Waals surface area contributed by atoms with Crippen LogP contribution in [0, 0.1) is 0 Å². The second-order valence-electron chi connectivity index (χ2n) is 2.52.